The van der Waals surface area contributed by atoms with Crippen molar-refractivity contribution in [3.8, 4) is 5.88 Å². The van der Waals surface area contributed by atoms with Gasteiger partial charge in [0.25, 0.3) is 0 Å². The Morgan fingerprint density at radius 1 is 1.42 bits per heavy atom. The van der Waals surface area contributed by atoms with Gasteiger partial charge in [-0.15, -0.1) is 0 Å². The highest BCUT2D eigenvalue weighted by Crippen LogP contribution is 2.02. The zero-order valence-corrected chi connectivity index (χ0v) is 7.16. The molecular formula is C8H13N3O. The van der Waals surface area contributed by atoms with Crippen LogP contribution in [0.1, 0.15) is 12.1 Å². The Morgan fingerprint density at radius 2 is 2.25 bits per heavy atom. The van der Waals surface area contributed by atoms with E-state index >= 15 is 0 Å². The second-order valence-electron chi connectivity index (χ2n) is 2.49. The van der Waals surface area contributed by atoms with Crippen LogP contribution in [0.4, 0.5) is 0 Å². The molecule has 1 rings (SSSR count). The maximum Gasteiger partial charge on any atom is 0.232 e. The smallest absolute Gasteiger partial charge is 0.232 e. The molecule has 0 aliphatic carbocycles. The molecule has 1 heterocycles. The zero-order chi connectivity index (χ0) is 8.81. The van der Waals surface area contributed by atoms with Gasteiger partial charge in [-0.05, 0) is 19.9 Å². The van der Waals surface area contributed by atoms with Crippen LogP contribution in [0.15, 0.2) is 12.4 Å². The van der Waals surface area contributed by atoms with E-state index in [1.807, 2.05) is 6.92 Å². The second-order valence-corrected chi connectivity index (χ2v) is 2.49. The average Bonchev–Trinajstić information content (AvgIpc) is 2.09. The van der Waals surface area contributed by atoms with Crippen LogP contribution in [0.5, 0.6) is 5.88 Å². The maximum atomic E-state index is 5.30. The van der Waals surface area contributed by atoms with Crippen LogP contribution < -0.4 is 10.5 Å². The van der Waals surface area contributed by atoms with Crippen molar-refractivity contribution < 1.29 is 4.74 Å². The normalized spacial score (nSPS) is 9.83. The van der Waals surface area contributed by atoms with Crippen molar-refractivity contribution in [3.05, 3.63) is 18.1 Å². The van der Waals surface area contributed by atoms with Gasteiger partial charge in [0.15, 0.2) is 0 Å². The quantitative estimate of drug-likeness (QED) is 0.664. The molecule has 0 unspecified atom stereocenters. The molecule has 0 fully saturated rings. The third-order valence-electron chi connectivity index (χ3n) is 1.36. The first-order valence-electron chi connectivity index (χ1n) is 3.94. The molecular weight excluding hydrogens is 154 g/mol. The molecule has 0 radical (unpaired) electrons. The monoisotopic (exact) mass is 167 g/mol. The van der Waals surface area contributed by atoms with Crippen LogP contribution in [0.2, 0.25) is 0 Å². The SMILES string of the molecule is Cc1cnc(OCCCN)cn1. The van der Waals surface area contributed by atoms with Crippen LogP contribution in [0, 0.1) is 6.92 Å². The van der Waals surface area contributed by atoms with E-state index in [2.05, 4.69) is 9.97 Å². The fraction of sp³-hybridized carbons (Fsp3) is 0.500. The molecule has 66 valence electrons. The first-order valence-corrected chi connectivity index (χ1v) is 3.94. The number of aryl methyl sites for hydroxylation is 1. The molecule has 0 saturated heterocycles. The van der Waals surface area contributed by atoms with Crippen molar-refractivity contribution in [1.29, 1.82) is 0 Å². The molecule has 0 atom stereocenters. The Balaban J connectivity index is 2.37. The van der Waals surface area contributed by atoms with E-state index in [-0.39, 0.29) is 0 Å². The summed E-state index contributed by atoms with van der Waals surface area (Å²) in [6.45, 7) is 3.13. The van der Waals surface area contributed by atoms with Gasteiger partial charge in [0, 0.05) is 0 Å². The standard InChI is InChI=1S/C8H13N3O/c1-7-5-11-8(6-10-7)12-4-2-3-9/h5-6H,2-4,9H2,1H3. The Bertz CT molecular complexity index is 222. The van der Waals surface area contributed by atoms with Gasteiger partial charge in [0.1, 0.15) is 0 Å². The molecule has 0 aliphatic heterocycles. The van der Waals surface area contributed by atoms with E-state index in [0.29, 0.717) is 19.0 Å². The van der Waals surface area contributed by atoms with Gasteiger partial charge in [-0.2, -0.15) is 0 Å². The van der Waals surface area contributed by atoms with E-state index in [9.17, 15) is 0 Å². The zero-order valence-electron chi connectivity index (χ0n) is 7.16. The molecule has 1 aromatic rings. The summed E-state index contributed by atoms with van der Waals surface area (Å²) in [6, 6.07) is 0. The first kappa shape index (κ1) is 8.93. The lowest BCUT2D eigenvalue weighted by Gasteiger charge is -2.02. The third-order valence-corrected chi connectivity index (χ3v) is 1.36. The summed E-state index contributed by atoms with van der Waals surface area (Å²) in [5.41, 5.74) is 6.19. The summed E-state index contributed by atoms with van der Waals surface area (Å²) in [5.74, 6) is 0.564. The molecule has 4 nitrogen and oxygen atoms in total. The van der Waals surface area contributed by atoms with Crippen molar-refractivity contribution in [3.63, 3.8) is 0 Å². The lowest BCUT2D eigenvalue weighted by Crippen LogP contribution is -2.06. The van der Waals surface area contributed by atoms with Crippen LogP contribution in [-0.2, 0) is 0 Å². The van der Waals surface area contributed by atoms with Gasteiger partial charge in [0.2, 0.25) is 5.88 Å². The predicted molar refractivity (Wildman–Crippen MR) is 45.9 cm³/mol. The number of hydrogen-bond acceptors (Lipinski definition) is 4. The van der Waals surface area contributed by atoms with Crippen molar-refractivity contribution in [2.75, 3.05) is 13.2 Å². The van der Waals surface area contributed by atoms with Crippen LogP contribution in [0.25, 0.3) is 0 Å². The highest BCUT2D eigenvalue weighted by Gasteiger charge is 1.93. The highest BCUT2D eigenvalue weighted by atomic mass is 16.5. The molecule has 0 spiro atoms. The Hall–Kier alpha value is -1.16. The van der Waals surface area contributed by atoms with Crippen LogP contribution >= 0.6 is 0 Å². The molecule has 12 heavy (non-hydrogen) atoms. The average molecular weight is 167 g/mol. The topological polar surface area (TPSA) is 61.0 Å². The number of aromatic nitrogens is 2. The first-order chi connectivity index (χ1) is 5.83. The van der Waals surface area contributed by atoms with E-state index in [1.165, 1.54) is 0 Å². The molecule has 0 saturated carbocycles. The van der Waals surface area contributed by atoms with Crippen LogP contribution in [-0.4, -0.2) is 23.1 Å². The summed E-state index contributed by atoms with van der Waals surface area (Å²) in [6.07, 6.45) is 4.14. The van der Waals surface area contributed by atoms with E-state index in [4.69, 9.17) is 10.5 Å². The molecule has 1 aromatic heterocycles. The lowest BCUT2D eigenvalue weighted by atomic mass is 10.5. The van der Waals surface area contributed by atoms with Gasteiger partial charge < -0.3 is 10.5 Å². The molecule has 0 amide bonds. The molecule has 0 bridgehead atoms. The molecule has 0 aromatic carbocycles. The fourth-order valence-corrected chi connectivity index (χ4v) is 0.715. The Morgan fingerprint density at radius 3 is 2.83 bits per heavy atom. The fourth-order valence-electron chi connectivity index (χ4n) is 0.715. The molecule has 2 N–H and O–H groups in total. The summed E-state index contributed by atoms with van der Waals surface area (Å²) in [7, 11) is 0. The number of nitrogens with two attached hydrogens (primary N) is 1. The van der Waals surface area contributed by atoms with Gasteiger partial charge >= 0.3 is 0 Å². The Kier molecular flexibility index (Phi) is 3.47. The van der Waals surface area contributed by atoms with Crippen molar-refractivity contribution >= 4 is 0 Å². The highest BCUT2D eigenvalue weighted by molar-refractivity contribution is 5.05. The minimum atomic E-state index is 0.564. The van der Waals surface area contributed by atoms with E-state index in [0.717, 1.165) is 12.1 Å². The minimum absolute atomic E-state index is 0.564. The number of rotatable bonds is 4. The van der Waals surface area contributed by atoms with Gasteiger partial charge in [-0.3, -0.25) is 4.98 Å². The lowest BCUT2D eigenvalue weighted by molar-refractivity contribution is 0.300. The molecule has 0 aliphatic rings. The summed E-state index contributed by atoms with van der Waals surface area (Å²) in [5, 5.41) is 0. The Labute approximate surface area is 71.8 Å². The second kappa shape index (κ2) is 4.66. The van der Waals surface area contributed by atoms with Gasteiger partial charge in [-0.25, -0.2) is 4.98 Å². The van der Waals surface area contributed by atoms with E-state index in [1.54, 1.807) is 12.4 Å². The van der Waals surface area contributed by atoms with Crippen molar-refractivity contribution in [2.24, 2.45) is 5.73 Å². The molecule has 4 heteroatoms. The van der Waals surface area contributed by atoms with Gasteiger partial charge in [0.05, 0.1) is 24.7 Å². The van der Waals surface area contributed by atoms with Crippen LogP contribution in [0.3, 0.4) is 0 Å². The summed E-state index contributed by atoms with van der Waals surface area (Å²) < 4.78 is 5.25. The summed E-state index contributed by atoms with van der Waals surface area (Å²) >= 11 is 0. The van der Waals surface area contributed by atoms with E-state index < -0.39 is 0 Å². The van der Waals surface area contributed by atoms with Gasteiger partial charge in [-0.1, -0.05) is 0 Å². The largest absolute Gasteiger partial charge is 0.477 e. The number of nitrogens with zero attached hydrogens (tertiary/aromatic N) is 2. The maximum absolute atomic E-state index is 5.30. The summed E-state index contributed by atoms with van der Waals surface area (Å²) in [4.78, 5) is 8.06. The third kappa shape index (κ3) is 2.84. The predicted octanol–water partition coefficient (Wildman–Crippen LogP) is 0.513. The number of ether oxygens (including phenoxy) is 1. The minimum Gasteiger partial charge on any atom is -0.477 e. The van der Waals surface area contributed by atoms with Crippen molar-refractivity contribution in [2.45, 2.75) is 13.3 Å². The number of hydrogen-bond donors (Lipinski definition) is 1. The van der Waals surface area contributed by atoms with Crippen molar-refractivity contribution in [1.82, 2.24) is 9.97 Å².